The molecule has 2 aromatic carbocycles. The van der Waals surface area contributed by atoms with Gasteiger partial charge >= 0.3 is 0 Å². The zero-order valence-electron chi connectivity index (χ0n) is 15.3. The van der Waals surface area contributed by atoms with Gasteiger partial charge < -0.3 is 15.8 Å². The highest BCUT2D eigenvalue weighted by Gasteiger charge is 2.09. The molecule has 2 rings (SSSR count). The van der Waals surface area contributed by atoms with Crippen LogP contribution in [-0.2, 0) is 6.54 Å². The second-order valence-electron chi connectivity index (χ2n) is 6.16. The number of nitrogens with one attached hydrogen (secondary N) is 1. The van der Waals surface area contributed by atoms with E-state index in [0.717, 1.165) is 24.4 Å². The SMILES string of the molecule is COc1cccc(NC(N)=NCCC(C)N(C)Cc2ccccc2)c1. The minimum atomic E-state index is 0.422. The zero-order valence-corrected chi connectivity index (χ0v) is 15.3. The molecule has 25 heavy (non-hydrogen) atoms. The zero-order chi connectivity index (χ0) is 18.1. The Morgan fingerprint density at radius 2 is 1.96 bits per heavy atom. The predicted octanol–water partition coefficient (Wildman–Crippen LogP) is 3.33. The molecule has 0 radical (unpaired) electrons. The number of nitrogens with zero attached hydrogens (tertiary/aromatic N) is 2. The number of benzene rings is 2. The Balaban J connectivity index is 1.78. The monoisotopic (exact) mass is 340 g/mol. The van der Waals surface area contributed by atoms with Crippen molar-refractivity contribution in [2.75, 3.05) is 26.0 Å². The van der Waals surface area contributed by atoms with Gasteiger partial charge in [-0.2, -0.15) is 0 Å². The van der Waals surface area contributed by atoms with Crippen LogP contribution in [0.5, 0.6) is 5.75 Å². The summed E-state index contributed by atoms with van der Waals surface area (Å²) in [6.45, 7) is 3.83. The summed E-state index contributed by atoms with van der Waals surface area (Å²) in [7, 11) is 3.78. The van der Waals surface area contributed by atoms with Crippen molar-refractivity contribution in [3.05, 3.63) is 60.2 Å². The van der Waals surface area contributed by atoms with Crippen LogP contribution in [0.2, 0.25) is 0 Å². The van der Waals surface area contributed by atoms with E-state index < -0.39 is 0 Å². The van der Waals surface area contributed by atoms with Gasteiger partial charge in [0.1, 0.15) is 5.75 Å². The van der Waals surface area contributed by atoms with Gasteiger partial charge in [0, 0.05) is 30.9 Å². The van der Waals surface area contributed by atoms with Crippen molar-refractivity contribution in [1.29, 1.82) is 0 Å². The van der Waals surface area contributed by atoms with Crippen LogP contribution in [-0.4, -0.2) is 37.6 Å². The van der Waals surface area contributed by atoms with Gasteiger partial charge in [-0.15, -0.1) is 0 Å². The van der Waals surface area contributed by atoms with E-state index in [2.05, 4.69) is 53.4 Å². The summed E-state index contributed by atoms with van der Waals surface area (Å²) in [4.78, 5) is 6.75. The van der Waals surface area contributed by atoms with Gasteiger partial charge in [-0.3, -0.25) is 9.89 Å². The normalized spacial score (nSPS) is 12.9. The molecule has 2 aromatic rings. The van der Waals surface area contributed by atoms with Gasteiger partial charge in [-0.1, -0.05) is 36.4 Å². The molecule has 0 fully saturated rings. The van der Waals surface area contributed by atoms with E-state index in [4.69, 9.17) is 10.5 Å². The molecule has 0 aliphatic carbocycles. The second kappa shape index (κ2) is 9.69. The van der Waals surface area contributed by atoms with Gasteiger partial charge in [0.2, 0.25) is 0 Å². The quantitative estimate of drug-likeness (QED) is 0.571. The first-order valence-electron chi connectivity index (χ1n) is 8.53. The third-order valence-corrected chi connectivity index (χ3v) is 4.20. The first kappa shape index (κ1) is 18.8. The second-order valence-corrected chi connectivity index (χ2v) is 6.16. The molecule has 0 bridgehead atoms. The van der Waals surface area contributed by atoms with Gasteiger partial charge in [0.25, 0.3) is 0 Å². The lowest BCUT2D eigenvalue weighted by Gasteiger charge is -2.24. The first-order chi connectivity index (χ1) is 12.1. The molecule has 0 saturated heterocycles. The molecule has 0 aliphatic rings. The lowest BCUT2D eigenvalue weighted by atomic mass is 10.1. The van der Waals surface area contributed by atoms with Gasteiger partial charge in [-0.05, 0) is 38.1 Å². The molecule has 5 nitrogen and oxygen atoms in total. The number of guanidine groups is 1. The maximum atomic E-state index is 5.97. The fourth-order valence-electron chi connectivity index (χ4n) is 2.51. The highest BCUT2D eigenvalue weighted by Crippen LogP contribution is 2.16. The predicted molar refractivity (Wildman–Crippen MR) is 105 cm³/mol. The van der Waals surface area contributed by atoms with Crippen LogP contribution in [0.15, 0.2) is 59.6 Å². The van der Waals surface area contributed by atoms with E-state index in [0.29, 0.717) is 18.5 Å². The molecule has 0 aliphatic heterocycles. The molecule has 0 heterocycles. The van der Waals surface area contributed by atoms with Crippen LogP contribution in [0.25, 0.3) is 0 Å². The van der Waals surface area contributed by atoms with Crippen LogP contribution < -0.4 is 15.8 Å². The Kier molecular flexibility index (Phi) is 7.29. The highest BCUT2D eigenvalue weighted by molar-refractivity contribution is 5.92. The smallest absolute Gasteiger partial charge is 0.193 e. The number of hydrogen-bond donors (Lipinski definition) is 2. The van der Waals surface area contributed by atoms with Gasteiger partial charge in [-0.25, -0.2) is 0 Å². The summed E-state index contributed by atoms with van der Waals surface area (Å²) in [5.41, 5.74) is 8.16. The van der Waals surface area contributed by atoms with Crippen LogP contribution in [0, 0.1) is 0 Å². The summed E-state index contributed by atoms with van der Waals surface area (Å²) in [5, 5.41) is 3.09. The van der Waals surface area contributed by atoms with E-state index in [1.165, 1.54) is 5.56 Å². The molecule has 134 valence electrons. The fraction of sp³-hybridized carbons (Fsp3) is 0.350. The number of rotatable bonds is 8. The molecule has 0 spiro atoms. The van der Waals surface area contributed by atoms with Crippen molar-refractivity contribution in [1.82, 2.24) is 4.90 Å². The Morgan fingerprint density at radius 3 is 2.68 bits per heavy atom. The summed E-state index contributed by atoms with van der Waals surface area (Å²) < 4.78 is 5.20. The van der Waals surface area contributed by atoms with Crippen LogP contribution in [0.1, 0.15) is 18.9 Å². The molecule has 1 unspecified atom stereocenters. The highest BCUT2D eigenvalue weighted by atomic mass is 16.5. The summed E-state index contributed by atoms with van der Waals surface area (Å²) in [5.74, 6) is 1.21. The third-order valence-electron chi connectivity index (χ3n) is 4.20. The lowest BCUT2D eigenvalue weighted by molar-refractivity contribution is 0.240. The minimum Gasteiger partial charge on any atom is -0.497 e. The van der Waals surface area contributed by atoms with Crippen LogP contribution >= 0.6 is 0 Å². The average Bonchev–Trinajstić information content (AvgIpc) is 2.62. The molecule has 0 saturated carbocycles. The molecular formula is C20H28N4O. The molecule has 1 atom stereocenters. The summed E-state index contributed by atoms with van der Waals surface area (Å²) >= 11 is 0. The van der Waals surface area contributed by atoms with Gasteiger partial charge in [0.05, 0.1) is 7.11 Å². The molecule has 3 N–H and O–H groups in total. The van der Waals surface area contributed by atoms with E-state index in [1.54, 1.807) is 7.11 Å². The Hall–Kier alpha value is -2.53. The molecule has 0 aromatic heterocycles. The third kappa shape index (κ3) is 6.47. The fourth-order valence-corrected chi connectivity index (χ4v) is 2.51. The van der Waals surface area contributed by atoms with Crippen molar-refractivity contribution >= 4 is 11.6 Å². The van der Waals surface area contributed by atoms with Crippen molar-refractivity contribution < 1.29 is 4.74 Å². The molecule has 0 amide bonds. The maximum absolute atomic E-state index is 5.97. The average molecular weight is 340 g/mol. The van der Waals surface area contributed by atoms with E-state index in [9.17, 15) is 0 Å². The number of nitrogens with two attached hydrogens (primary N) is 1. The van der Waals surface area contributed by atoms with Crippen LogP contribution in [0.3, 0.4) is 0 Å². The number of ether oxygens (including phenoxy) is 1. The first-order valence-corrected chi connectivity index (χ1v) is 8.53. The van der Waals surface area contributed by atoms with Crippen LogP contribution in [0.4, 0.5) is 5.69 Å². The number of methoxy groups -OCH3 is 1. The Bertz CT molecular complexity index is 672. The number of anilines is 1. The van der Waals surface area contributed by atoms with Crippen molar-refractivity contribution in [3.8, 4) is 5.75 Å². The summed E-state index contributed by atoms with van der Waals surface area (Å²) in [6, 6.07) is 18.5. The molecular weight excluding hydrogens is 312 g/mol. The largest absolute Gasteiger partial charge is 0.497 e. The van der Waals surface area contributed by atoms with E-state index >= 15 is 0 Å². The number of aliphatic imine (C=N–C) groups is 1. The van der Waals surface area contributed by atoms with E-state index in [1.807, 2.05) is 30.3 Å². The summed E-state index contributed by atoms with van der Waals surface area (Å²) in [6.07, 6.45) is 0.948. The Labute approximate surface area is 150 Å². The lowest BCUT2D eigenvalue weighted by Crippen LogP contribution is -2.30. The Morgan fingerprint density at radius 1 is 1.20 bits per heavy atom. The topological polar surface area (TPSA) is 62.9 Å². The number of hydrogen-bond acceptors (Lipinski definition) is 3. The van der Waals surface area contributed by atoms with Crippen molar-refractivity contribution in [3.63, 3.8) is 0 Å². The molecule has 5 heteroatoms. The van der Waals surface area contributed by atoms with Crippen molar-refractivity contribution in [2.45, 2.75) is 25.9 Å². The maximum Gasteiger partial charge on any atom is 0.193 e. The van der Waals surface area contributed by atoms with E-state index in [-0.39, 0.29) is 0 Å². The minimum absolute atomic E-state index is 0.422. The van der Waals surface area contributed by atoms with Crippen molar-refractivity contribution in [2.24, 2.45) is 10.7 Å². The standard InChI is InChI=1S/C20H28N4O/c1-16(24(2)15-17-8-5-4-6-9-17)12-13-22-20(21)23-18-10-7-11-19(14-18)25-3/h4-11,14,16H,12-13,15H2,1-3H3,(H3,21,22,23). The van der Waals surface area contributed by atoms with Gasteiger partial charge in [0.15, 0.2) is 5.96 Å².